The maximum atomic E-state index is 13.5. The highest BCUT2D eigenvalue weighted by Crippen LogP contribution is 2.36. The van der Waals surface area contributed by atoms with Gasteiger partial charge in [-0.25, -0.2) is 8.78 Å². The van der Waals surface area contributed by atoms with Gasteiger partial charge in [-0.3, -0.25) is 0 Å². The van der Waals surface area contributed by atoms with Crippen LogP contribution in [0, 0.1) is 11.6 Å². The summed E-state index contributed by atoms with van der Waals surface area (Å²) in [5, 5.41) is 0. The Labute approximate surface area is 124 Å². The van der Waals surface area contributed by atoms with E-state index in [9.17, 15) is 8.78 Å². The molecule has 1 heterocycles. The predicted octanol–water partition coefficient (Wildman–Crippen LogP) is 4.79. The normalized spacial score (nSPS) is 12.7. The quantitative estimate of drug-likeness (QED) is 0.792. The molecule has 2 N–H and O–H groups in total. The predicted molar refractivity (Wildman–Crippen MR) is 76.7 cm³/mol. The molecule has 2 rings (SSSR count). The van der Waals surface area contributed by atoms with Gasteiger partial charge in [0, 0.05) is 11.6 Å². The third-order valence-electron chi connectivity index (χ3n) is 2.57. The molecule has 2 aromatic rings. The topological polar surface area (TPSA) is 26.0 Å². The monoisotopic (exact) mass is 395 g/mol. The molecule has 18 heavy (non-hydrogen) atoms. The third-order valence-corrected chi connectivity index (χ3v) is 4.95. The average molecular weight is 397 g/mol. The van der Waals surface area contributed by atoms with Crippen LogP contribution in [-0.2, 0) is 6.42 Å². The van der Waals surface area contributed by atoms with Crippen molar-refractivity contribution < 1.29 is 8.78 Å². The van der Waals surface area contributed by atoms with E-state index in [2.05, 4.69) is 31.9 Å². The van der Waals surface area contributed by atoms with Crippen molar-refractivity contribution in [2.45, 2.75) is 12.5 Å². The van der Waals surface area contributed by atoms with Crippen molar-refractivity contribution in [1.82, 2.24) is 0 Å². The summed E-state index contributed by atoms with van der Waals surface area (Å²) >= 11 is 8.22. The third kappa shape index (κ3) is 2.99. The molecule has 0 radical (unpaired) electrons. The first-order chi connectivity index (χ1) is 8.49. The van der Waals surface area contributed by atoms with Crippen LogP contribution in [0.4, 0.5) is 8.78 Å². The maximum Gasteiger partial charge on any atom is 0.129 e. The molecular formula is C12H9Br2F2NS. The molecule has 0 aliphatic carbocycles. The van der Waals surface area contributed by atoms with Crippen LogP contribution in [0.3, 0.4) is 0 Å². The van der Waals surface area contributed by atoms with E-state index >= 15 is 0 Å². The second kappa shape index (κ2) is 5.77. The summed E-state index contributed by atoms with van der Waals surface area (Å²) in [7, 11) is 0. The van der Waals surface area contributed by atoms with Crippen molar-refractivity contribution in [2.75, 3.05) is 0 Å². The minimum atomic E-state index is -0.559. The Hall–Kier alpha value is -0.300. The summed E-state index contributed by atoms with van der Waals surface area (Å²) in [5.41, 5.74) is 6.87. The molecule has 1 aromatic heterocycles. The molecular weight excluding hydrogens is 388 g/mol. The highest BCUT2D eigenvalue weighted by molar-refractivity contribution is 9.12. The smallest absolute Gasteiger partial charge is 0.129 e. The largest absolute Gasteiger partial charge is 0.324 e. The van der Waals surface area contributed by atoms with Crippen LogP contribution in [-0.4, -0.2) is 0 Å². The van der Waals surface area contributed by atoms with E-state index in [1.165, 1.54) is 29.5 Å². The van der Waals surface area contributed by atoms with Gasteiger partial charge in [-0.15, -0.1) is 11.3 Å². The van der Waals surface area contributed by atoms with Crippen molar-refractivity contribution >= 4 is 43.2 Å². The Morgan fingerprint density at radius 2 is 1.83 bits per heavy atom. The summed E-state index contributed by atoms with van der Waals surface area (Å²) < 4.78 is 28.8. The van der Waals surface area contributed by atoms with E-state index in [1.54, 1.807) is 0 Å². The molecule has 0 saturated heterocycles. The molecule has 0 fully saturated rings. The Balaban J connectivity index is 2.26. The molecule has 1 unspecified atom stereocenters. The number of hydrogen-bond donors (Lipinski definition) is 1. The van der Waals surface area contributed by atoms with Gasteiger partial charge in [-0.1, -0.05) is 6.07 Å². The first kappa shape index (κ1) is 14.1. The van der Waals surface area contributed by atoms with Crippen LogP contribution in [0.1, 0.15) is 17.2 Å². The lowest BCUT2D eigenvalue weighted by Crippen LogP contribution is -2.15. The van der Waals surface area contributed by atoms with Gasteiger partial charge in [0.05, 0.1) is 7.57 Å². The highest BCUT2D eigenvalue weighted by Gasteiger charge is 2.17. The van der Waals surface area contributed by atoms with Gasteiger partial charge in [0.25, 0.3) is 0 Å². The highest BCUT2D eigenvalue weighted by atomic mass is 79.9. The molecule has 1 atom stereocenters. The zero-order valence-electron chi connectivity index (χ0n) is 9.09. The first-order valence-corrected chi connectivity index (χ1v) is 7.52. The average Bonchev–Trinajstić information content (AvgIpc) is 2.63. The van der Waals surface area contributed by atoms with E-state index in [0.717, 1.165) is 13.1 Å². The molecule has 0 saturated carbocycles. The number of halogens is 4. The van der Waals surface area contributed by atoms with Gasteiger partial charge < -0.3 is 5.73 Å². The lowest BCUT2D eigenvalue weighted by molar-refractivity contribution is 0.540. The summed E-state index contributed by atoms with van der Waals surface area (Å²) in [6.45, 7) is 0. The zero-order chi connectivity index (χ0) is 13.3. The molecule has 0 aliphatic rings. The maximum absolute atomic E-state index is 13.5. The number of benzene rings is 1. The molecule has 0 spiro atoms. The Bertz CT molecular complexity index is 551. The van der Waals surface area contributed by atoms with Crippen molar-refractivity contribution in [3.8, 4) is 0 Å². The molecule has 0 aliphatic heterocycles. The Kier molecular flexibility index (Phi) is 4.53. The summed E-state index contributed by atoms with van der Waals surface area (Å²) in [6, 6.07) is 5.23. The van der Waals surface area contributed by atoms with Crippen LogP contribution in [0.5, 0.6) is 0 Å². The van der Waals surface area contributed by atoms with Gasteiger partial charge in [-0.05, 0) is 62.0 Å². The summed E-state index contributed by atoms with van der Waals surface area (Å²) in [6.07, 6.45) is 0.125. The number of hydrogen-bond acceptors (Lipinski definition) is 2. The number of rotatable bonds is 3. The van der Waals surface area contributed by atoms with Gasteiger partial charge in [-0.2, -0.15) is 0 Å². The zero-order valence-corrected chi connectivity index (χ0v) is 13.1. The summed E-state index contributed by atoms with van der Waals surface area (Å²) in [4.78, 5) is 0. The molecule has 0 bridgehead atoms. The van der Waals surface area contributed by atoms with Gasteiger partial charge in [0.15, 0.2) is 0 Å². The van der Waals surface area contributed by atoms with Crippen LogP contribution in [0.15, 0.2) is 31.8 Å². The minimum Gasteiger partial charge on any atom is -0.324 e. The fourth-order valence-electron chi connectivity index (χ4n) is 1.66. The van der Waals surface area contributed by atoms with Gasteiger partial charge in [0.1, 0.15) is 11.6 Å². The van der Waals surface area contributed by atoms with Crippen LogP contribution in [0.25, 0.3) is 0 Å². The minimum absolute atomic E-state index is 0.0271. The van der Waals surface area contributed by atoms with E-state index in [1.807, 2.05) is 6.07 Å². The van der Waals surface area contributed by atoms with Crippen LogP contribution >= 0.6 is 43.2 Å². The number of thiophene rings is 1. The first-order valence-electron chi connectivity index (χ1n) is 5.12. The van der Waals surface area contributed by atoms with Crippen molar-refractivity contribution in [3.63, 3.8) is 0 Å². The fraction of sp³-hybridized carbons (Fsp3) is 0.167. The molecule has 1 nitrogen and oxygen atoms in total. The summed E-state index contributed by atoms with van der Waals surface area (Å²) in [5.74, 6) is -1.12. The molecule has 96 valence electrons. The lowest BCUT2D eigenvalue weighted by Gasteiger charge is -2.12. The SMILES string of the molecule is NC(Cc1c(F)cccc1F)c1cc(Br)sc1Br. The van der Waals surface area contributed by atoms with Crippen molar-refractivity contribution in [1.29, 1.82) is 0 Å². The van der Waals surface area contributed by atoms with Crippen molar-refractivity contribution in [3.05, 3.63) is 54.6 Å². The number of nitrogens with two attached hydrogens (primary N) is 1. The standard InChI is InChI=1S/C12H9Br2F2NS/c13-11-5-7(12(14)18-11)10(17)4-6-8(15)2-1-3-9(6)16/h1-3,5,10H,4,17H2. The Morgan fingerprint density at radius 3 is 2.33 bits per heavy atom. The van der Waals surface area contributed by atoms with E-state index in [4.69, 9.17) is 5.73 Å². The van der Waals surface area contributed by atoms with Gasteiger partial charge in [0.2, 0.25) is 0 Å². The van der Waals surface area contributed by atoms with E-state index in [-0.39, 0.29) is 12.0 Å². The van der Waals surface area contributed by atoms with E-state index in [0.29, 0.717) is 0 Å². The van der Waals surface area contributed by atoms with E-state index < -0.39 is 17.7 Å². The molecule has 6 heteroatoms. The second-order valence-electron chi connectivity index (χ2n) is 3.79. The fourth-order valence-corrected chi connectivity index (χ4v) is 4.66. The molecule has 1 aromatic carbocycles. The molecule has 0 amide bonds. The lowest BCUT2D eigenvalue weighted by atomic mass is 10.0. The van der Waals surface area contributed by atoms with Crippen LogP contribution in [0.2, 0.25) is 0 Å². The van der Waals surface area contributed by atoms with Crippen molar-refractivity contribution in [2.24, 2.45) is 5.73 Å². The van der Waals surface area contributed by atoms with Gasteiger partial charge >= 0.3 is 0 Å². The second-order valence-corrected chi connectivity index (χ2v) is 7.54. The Morgan fingerprint density at radius 1 is 1.22 bits per heavy atom. The van der Waals surface area contributed by atoms with Crippen LogP contribution < -0.4 is 5.73 Å².